The summed E-state index contributed by atoms with van der Waals surface area (Å²) in [5.74, 6) is 0.808. The van der Waals surface area contributed by atoms with Crippen LogP contribution in [-0.4, -0.2) is 97.3 Å². The second-order valence-corrected chi connectivity index (χ2v) is 13.9. The van der Waals surface area contributed by atoms with Crippen LogP contribution in [0.1, 0.15) is 69.1 Å². The maximum atomic E-state index is 13.3. The molecule has 1 atom stereocenters. The fraction of sp³-hybridized carbons (Fsp3) is 0.550. The van der Waals surface area contributed by atoms with E-state index in [9.17, 15) is 4.79 Å². The molecular formula is C40H57N5O3. The molecule has 0 saturated carbocycles. The summed E-state index contributed by atoms with van der Waals surface area (Å²) >= 11 is 0. The summed E-state index contributed by atoms with van der Waals surface area (Å²) in [5.41, 5.74) is 8.61. The van der Waals surface area contributed by atoms with Gasteiger partial charge in [0.05, 0.1) is 13.7 Å². The molecule has 0 spiro atoms. The maximum absolute atomic E-state index is 13.3. The van der Waals surface area contributed by atoms with E-state index in [1.165, 1.54) is 12.8 Å². The van der Waals surface area contributed by atoms with E-state index in [2.05, 4.69) is 57.8 Å². The minimum absolute atomic E-state index is 0.143. The third kappa shape index (κ3) is 8.83. The van der Waals surface area contributed by atoms with E-state index < -0.39 is 5.41 Å². The zero-order valence-corrected chi connectivity index (χ0v) is 29.4. The van der Waals surface area contributed by atoms with Crippen LogP contribution in [0.2, 0.25) is 0 Å². The highest BCUT2D eigenvalue weighted by molar-refractivity contribution is 5.91. The summed E-state index contributed by atoms with van der Waals surface area (Å²) in [6.07, 6.45) is 10.4. The molecule has 2 aliphatic heterocycles. The van der Waals surface area contributed by atoms with Gasteiger partial charge in [-0.3, -0.25) is 19.6 Å². The number of carbonyl (C=O) groups is 1. The molecule has 2 fully saturated rings. The van der Waals surface area contributed by atoms with Crippen LogP contribution in [0.4, 0.5) is 0 Å². The van der Waals surface area contributed by atoms with E-state index >= 15 is 0 Å². The number of hydrogen-bond acceptors (Lipinski definition) is 7. The lowest BCUT2D eigenvalue weighted by Crippen LogP contribution is -2.49. The van der Waals surface area contributed by atoms with Crippen molar-refractivity contribution in [3.8, 4) is 5.75 Å². The largest absolute Gasteiger partial charge is 0.496 e. The monoisotopic (exact) mass is 655 g/mol. The molecule has 1 aromatic heterocycles. The predicted molar refractivity (Wildman–Crippen MR) is 193 cm³/mol. The fourth-order valence-electron chi connectivity index (χ4n) is 8.15. The molecule has 3 heterocycles. The smallest absolute Gasteiger partial charge is 0.232 e. The normalized spacial score (nSPS) is 18.1. The molecule has 5 rings (SSSR count). The Morgan fingerprint density at radius 2 is 1.58 bits per heavy atom. The van der Waals surface area contributed by atoms with Crippen molar-refractivity contribution in [2.45, 2.75) is 76.4 Å². The average Bonchev–Trinajstić information content (AvgIpc) is 3.58. The van der Waals surface area contributed by atoms with E-state index in [0.29, 0.717) is 12.1 Å². The number of pyridine rings is 1. The number of likely N-dealkylation sites (tertiary alicyclic amines) is 2. The Bertz CT molecular complexity index is 1340. The molecule has 0 aliphatic carbocycles. The summed E-state index contributed by atoms with van der Waals surface area (Å²) < 4.78 is 11.7. The standard InChI is InChI=1S/C40H57N5O3/c1-32(2)45(37-19-24-44(25-20-37)30-33-29-42-21-17-38(33)47-3)26-28-48-27-12-6-11-22-43-23-18-36(31-43)40(39(41)46,34-13-7-4-8-14-34)35-15-9-5-10-16-35/h4-5,7-10,13-17,21,29,32,36-37H,6,11-12,18-20,22-28,30-31H2,1-3H3,(H2,41,46)/t36-/m1/s1. The van der Waals surface area contributed by atoms with Gasteiger partial charge in [0.1, 0.15) is 11.2 Å². The summed E-state index contributed by atoms with van der Waals surface area (Å²) in [4.78, 5) is 25.3. The number of carbonyl (C=O) groups excluding carboxylic acids is 1. The number of rotatable bonds is 18. The molecular weight excluding hydrogens is 598 g/mol. The highest BCUT2D eigenvalue weighted by atomic mass is 16.5. The first-order chi connectivity index (χ1) is 23.4. The topological polar surface area (TPSA) is 84.2 Å². The van der Waals surface area contributed by atoms with Crippen LogP contribution in [0.3, 0.4) is 0 Å². The number of piperidine rings is 1. The Kier molecular flexibility index (Phi) is 13.4. The molecule has 2 N–H and O–H groups in total. The van der Waals surface area contributed by atoms with Crippen molar-refractivity contribution in [1.82, 2.24) is 19.7 Å². The Labute approximate surface area is 288 Å². The number of benzene rings is 2. The Hall–Kier alpha value is -3.30. The van der Waals surface area contributed by atoms with Crippen molar-refractivity contribution in [3.05, 3.63) is 95.8 Å². The quantitative estimate of drug-likeness (QED) is 0.175. The minimum Gasteiger partial charge on any atom is -0.496 e. The number of aromatic nitrogens is 1. The Balaban J connectivity index is 1.00. The molecule has 3 aromatic rings. The van der Waals surface area contributed by atoms with Crippen molar-refractivity contribution in [2.24, 2.45) is 11.7 Å². The average molecular weight is 656 g/mol. The SMILES string of the molecule is COc1ccncc1CN1CCC(N(CCOCCCCCN2CC[C@@H](C(C(N)=O)(c3ccccc3)c3ccccc3)C2)C(C)C)CC1. The van der Waals surface area contributed by atoms with E-state index in [1.807, 2.05) is 48.7 Å². The number of amides is 1. The minimum atomic E-state index is -0.819. The highest BCUT2D eigenvalue weighted by Gasteiger charge is 2.49. The van der Waals surface area contributed by atoms with Crippen LogP contribution in [-0.2, 0) is 21.5 Å². The van der Waals surface area contributed by atoms with Crippen LogP contribution in [0.5, 0.6) is 5.75 Å². The van der Waals surface area contributed by atoms with Crippen LogP contribution in [0.25, 0.3) is 0 Å². The number of nitrogens with zero attached hydrogens (tertiary/aromatic N) is 4. The number of ether oxygens (including phenoxy) is 2. The summed E-state index contributed by atoms with van der Waals surface area (Å²) in [6, 6.07) is 23.3. The van der Waals surface area contributed by atoms with Gasteiger partial charge in [0, 0.05) is 56.3 Å². The number of primary amides is 1. The van der Waals surface area contributed by atoms with Gasteiger partial charge in [-0.15, -0.1) is 0 Å². The molecule has 8 heteroatoms. The van der Waals surface area contributed by atoms with E-state index in [0.717, 1.165) is 107 Å². The molecule has 2 saturated heterocycles. The Morgan fingerprint density at radius 3 is 2.21 bits per heavy atom. The molecule has 1 amide bonds. The van der Waals surface area contributed by atoms with Crippen molar-refractivity contribution in [1.29, 1.82) is 0 Å². The molecule has 0 unspecified atom stereocenters. The molecule has 2 aliphatic rings. The van der Waals surface area contributed by atoms with Gasteiger partial charge in [-0.05, 0) is 102 Å². The predicted octanol–water partition coefficient (Wildman–Crippen LogP) is 5.75. The second-order valence-electron chi connectivity index (χ2n) is 13.9. The van der Waals surface area contributed by atoms with Crippen molar-refractivity contribution in [2.75, 3.05) is 59.6 Å². The van der Waals surface area contributed by atoms with Crippen molar-refractivity contribution in [3.63, 3.8) is 0 Å². The molecule has 260 valence electrons. The van der Waals surface area contributed by atoms with Gasteiger partial charge < -0.3 is 20.1 Å². The molecule has 2 aromatic carbocycles. The highest BCUT2D eigenvalue weighted by Crippen LogP contribution is 2.43. The first kappa shape index (κ1) is 36.0. The van der Waals surface area contributed by atoms with Gasteiger partial charge in [-0.2, -0.15) is 0 Å². The second kappa shape index (κ2) is 17.9. The van der Waals surface area contributed by atoms with Crippen LogP contribution >= 0.6 is 0 Å². The van der Waals surface area contributed by atoms with E-state index in [1.54, 1.807) is 13.3 Å². The summed E-state index contributed by atoms with van der Waals surface area (Å²) in [5, 5.41) is 0. The number of unbranched alkanes of at least 4 members (excludes halogenated alkanes) is 2. The van der Waals surface area contributed by atoms with Gasteiger partial charge >= 0.3 is 0 Å². The lowest BCUT2D eigenvalue weighted by molar-refractivity contribution is -0.123. The number of methoxy groups -OCH3 is 1. The van der Waals surface area contributed by atoms with Gasteiger partial charge in [0.2, 0.25) is 5.91 Å². The van der Waals surface area contributed by atoms with Gasteiger partial charge in [-0.25, -0.2) is 0 Å². The third-order valence-corrected chi connectivity index (χ3v) is 10.7. The lowest BCUT2D eigenvalue weighted by atomic mass is 9.64. The number of hydrogen-bond donors (Lipinski definition) is 1. The van der Waals surface area contributed by atoms with Crippen LogP contribution in [0, 0.1) is 5.92 Å². The van der Waals surface area contributed by atoms with Gasteiger partial charge in [0.15, 0.2) is 0 Å². The van der Waals surface area contributed by atoms with Crippen LogP contribution in [0.15, 0.2) is 79.1 Å². The van der Waals surface area contributed by atoms with Crippen molar-refractivity contribution < 1.29 is 14.3 Å². The zero-order chi connectivity index (χ0) is 33.8. The first-order valence-electron chi connectivity index (χ1n) is 18.1. The maximum Gasteiger partial charge on any atom is 0.232 e. The Morgan fingerprint density at radius 1 is 0.917 bits per heavy atom. The van der Waals surface area contributed by atoms with Gasteiger partial charge in [0.25, 0.3) is 0 Å². The molecule has 48 heavy (non-hydrogen) atoms. The van der Waals surface area contributed by atoms with E-state index in [4.69, 9.17) is 15.2 Å². The molecule has 8 nitrogen and oxygen atoms in total. The van der Waals surface area contributed by atoms with Crippen LogP contribution < -0.4 is 10.5 Å². The molecule has 0 radical (unpaired) electrons. The zero-order valence-electron chi connectivity index (χ0n) is 29.4. The lowest BCUT2D eigenvalue weighted by Gasteiger charge is -2.40. The van der Waals surface area contributed by atoms with Crippen molar-refractivity contribution >= 4 is 5.91 Å². The third-order valence-electron chi connectivity index (χ3n) is 10.7. The summed E-state index contributed by atoms with van der Waals surface area (Å²) in [7, 11) is 1.73. The number of nitrogens with two attached hydrogens (primary N) is 1. The van der Waals surface area contributed by atoms with Gasteiger partial charge in [-0.1, -0.05) is 60.7 Å². The summed E-state index contributed by atoms with van der Waals surface area (Å²) in [6.45, 7) is 13.2. The molecule has 0 bridgehead atoms. The fourth-order valence-corrected chi connectivity index (χ4v) is 8.15. The van der Waals surface area contributed by atoms with E-state index in [-0.39, 0.29) is 11.8 Å². The first-order valence-corrected chi connectivity index (χ1v) is 18.1.